The summed E-state index contributed by atoms with van der Waals surface area (Å²) < 4.78 is 24.2. The topological polar surface area (TPSA) is 67.9 Å². The van der Waals surface area contributed by atoms with Crippen LogP contribution in [0.25, 0.3) is 0 Å². The lowest BCUT2D eigenvalue weighted by atomic mass is 10.1. The summed E-state index contributed by atoms with van der Waals surface area (Å²) in [4.78, 5) is 27.4. The Balaban J connectivity index is 1.71. The monoisotopic (exact) mass is 450 g/mol. The third-order valence-corrected chi connectivity index (χ3v) is 5.18. The van der Waals surface area contributed by atoms with Gasteiger partial charge in [-0.1, -0.05) is 48.5 Å². The lowest BCUT2D eigenvalue weighted by molar-refractivity contribution is -0.142. The van der Waals surface area contributed by atoms with Gasteiger partial charge in [-0.3, -0.25) is 9.59 Å². The molecule has 33 heavy (non-hydrogen) atoms. The highest BCUT2D eigenvalue weighted by Crippen LogP contribution is 2.17. The molecule has 0 heterocycles. The van der Waals surface area contributed by atoms with Crippen molar-refractivity contribution in [1.82, 2.24) is 10.2 Å². The van der Waals surface area contributed by atoms with Gasteiger partial charge in [-0.05, 0) is 42.8 Å². The van der Waals surface area contributed by atoms with Gasteiger partial charge in [-0.2, -0.15) is 0 Å². The molecule has 0 aliphatic carbocycles. The number of benzene rings is 3. The van der Waals surface area contributed by atoms with E-state index in [1.54, 1.807) is 38.3 Å². The minimum Gasteiger partial charge on any atom is -0.496 e. The van der Waals surface area contributed by atoms with Crippen LogP contribution in [0.5, 0.6) is 11.5 Å². The fourth-order valence-corrected chi connectivity index (χ4v) is 3.29. The Bertz CT molecular complexity index is 1060. The number of ether oxygens (including phenoxy) is 2. The van der Waals surface area contributed by atoms with Crippen molar-refractivity contribution in [3.05, 3.63) is 95.8 Å². The zero-order valence-corrected chi connectivity index (χ0v) is 18.7. The van der Waals surface area contributed by atoms with Crippen LogP contribution in [0.15, 0.2) is 78.9 Å². The lowest BCUT2D eigenvalue weighted by Crippen LogP contribution is -2.48. The van der Waals surface area contributed by atoms with Gasteiger partial charge in [0.05, 0.1) is 7.11 Å². The number of hydrogen-bond donors (Lipinski definition) is 1. The van der Waals surface area contributed by atoms with Crippen LogP contribution in [0, 0.1) is 5.82 Å². The first-order chi connectivity index (χ1) is 16.0. The van der Waals surface area contributed by atoms with Crippen molar-refractivity contribution in [2.75, 3.05) is 13.7 Å². The summed E-state index contributed by atoms with van der Waals surface area (Å²) in [6.07, 6.45) is 0. The summed E-state index contributed by atoms with van der Waals surface area (Å²) in [6.45, 7) is 1.82. The van der Waals surface area contributed by atoms with E-state index in [2.05, 4.69) is 5.32 Å². The first kappa shape index (κ1) is 23.8. The van der Waals surface area contributed by atoms with Gasteiger partial charge in [0.15, 0.2) is 6.61 Å². The summed E-state index contributed by atoms with van der Waals surface area (Å²) in [5.74, 6) is 0.174. The molecule has 0 unspecified atom stereocenters. The Labute approximate surface area is 192 Å². The number of rotatable bonds is 10. The molecule has 6 nitrogen and oxygen atoms in total. The van der Waals surface area contributed by atoms with Crippen LogP contribution in [0.4, 0.5) is 4.39 Å². The van der Waals surface area contributed by atoms with Crippen molar-refractivity contribution in [3.63, 3.8) is 0 Å². The van der Waals surface area contributed by atoms with Crippen LogP contribution in [0.1, 0.15) is 18.1 Å². The highest BCUT2D eigenvalue weighted by Gasteiger charge is 2.26. The minimum absolute atomic E-state index is 0.139. The summed E-state index contributed by atoms with van der Waals surface area (Å²) >= 11 is 0. The predicted octanol–water partition coefficient (Wildman–Crippen LogP) is 3.95. The molecule has 172 valence electrons. The highest BCUT2D eigenvalue weighted by molar-refractivity contribution is 5.88. The van der Waals surface area contributed by atoms with Gasteiger partial charge < -0.3 is 19.7 Å². The second kappa shape index (κ2) is 11.7. The van der Waals surface area contributed by atoms with Gasteiger partial charge >= 0.3 is 0 Å². The number of carbonyl (C=O) groups is 2. The number of para-hydroxylation sites is 2. The zero-order chi connectivity index (χ0) is 23.6. The van der Waals surface area contributed by atoms with Crippen LogP contribution in [-0.2, 0) is 22.7 Å². The first-order valence-corrected chi connectivity index (χ1v) is 10.6. The average Bonchev–Trinajstić information content (AvgIpc) is 2.85. The van der Waals surface area contributed by atoms with Crippen molar-refractivity contribution < 1.29 is 23.5 Å². The molecule has 0 saturated carbocycles. The Morgan fingerprint density at radius 3 is 2.33 bits per heavy atom. The number of nitrogens with zero attached hydrogens (tertiary/aromatic N) is 1. The van der Waals surface area contributed by atoms with E-state index in [0.29, 0.717) is 17.1 Å². The molecule has 0 fully saturated rings. The molecule has 0 spiro atoms. The fraction of sp³-hybridized carbons (Fsp3) is 0.231. The van der Waals surface area contributed by atoms with Gasteiger partial charge in [-0.15, -0.1) is 0 Å². The van der Waals surface area contributed by atoms with Crippen molar-refractivity contribution in [2.24, 2.45) is 0 Å². The summed E-state index contributed by atoms with van der Waals surface area (Å²) in [7, 11) is 1.57. The van der Waals surface area contributed by atoms with Gasteiger partial charge in [0.2, 0.25) is 5.91 Å². The standard InChI is InChI=1S/C26H27FN2O4/c1-19(26(31)28-16-21-8-6-7-11-24(21)32-2)29(17-20-12-14-22(27)15-13-20)25(30)18-33-23-9-4-3-5-10-23/h3-15,19H,16-18H2,1-2H3,(H,28,31)/t19-/m1/s1. The van der Waals surface area contributed by atoms with Gasteiger partial charge in [-0.25, -0.2) is 4.39 Å². The van der Waals surface area contributed by atoms with Crippen LogP contribution >= 0.6 is 0 Å². The molecule has 0 saturated heterocycles. The maximum atomic E-state index is 13.3. The third kappa shape index (κ3) is 6.80. The van der Waals surface area contributed by atoms with Crippen LogP contribution < -0.4 is 14.8 Å². The first-order valence-electron chi connectivity index (χ1n) is 10.6. The molecule has 0 aliphatic rings. The average molecular weight is 451 g/mol. The van der Waals surface area contributed by atoms with Crippen LogP contribution in [0.3, 0.4) is 0 Å². The van der Waals surface area contributed by atoms with E-state index in [1.807, 2.05) is 42.5 Å². The number of nitrogens with one attached hydrogen (secondary N) is 1. The zero-order valence-electron chi connectivity index (χ0n) is 18.7. The maximum absolute atomic E-state index is 13.3. The number of methoxy groups -OCH3 is 1. The third-order valence-electron chi connectivity index (χ3n) is 5.18. The largest absolute Gasteiger partial charge is 0.496 e. The molecule has 0 aliphatic heterocycles. The van der Waals surface area contributed by atoms with Crippen molar-refractivity contribution in [1.29, 1.82) is 0 Å². The molecule has 1 N–H and O–H groups in total. The van der Waals surface area contributed by atoms with Crippen molar-refractivity contribution >= 4 is 11.8 Å². The van der Waals surface area contributed by atoms with Gasteiger partial charge in [0.1, 0.15) is 23.4 Å². The predicted molar refractivity (Wildman–Crippen MR) is 123 cm³/mol. The number of carbonyl (C=O) groups excluding carboxylic acids is 2. The SMILES string of the molecule is COc1ccccc1CNC(=O)[C@@H](C)N(Cc1ccc(F)cc1)C(=O)COc1ccccc1. The fourth-order valence-electron chi connectivity index (χ4n) is 3.29. The molecule has 1 atom stereocenters. The Hall–Kier alpha value is -3.87. The Morgan fingerprint density at radius 1 is 0.970 bits per heavy atom. The van der Waals surface area contributed by atoms with E-state index >= 15 is 0 Å². The number of halogens is 1. The van der Waals surface area contributed by atoms with Gasteiger partial charge in [0.25, 0.3) is 5.91 Å². The second-order valence-electron chi connectivity index (χ2n) is 7.46. The van der Waals surface area contributed by atoms with E-state index in [9.17, 15) is 14.0 Å². The number of amides is 2. The number of hydrogen-bond acceptors (Lipinski definition) is 4. The summed E-state index contributed by atoms with van der Waals surface area (Å²) in [6, 6.07) is 21.4. The van der Waals surface area contributed by atoms with E-state index < -0.39 is 6.04 Å². The molecule has 0 bridgehead atoms. The Morgan fingerprint density at radius 2 is 1.64 bits per heavy atom. The molecule has 7 heteroatoms. The second-order valence-corrected chi connectivity index (χ2v) is 7.46. The summed E-state index contributed by atoms with van der Waals surface area (Å²) in [5.41, 5.74) is 1.53. The minimum atomic E-state index is -0.781. The molecule has 0 radical (unpaired) electrons. The molecule has 2 amide bonds. The maximum Gasteiger partial charge on any atom is 0.261 e. The van der Waals surface area contributed by atoms with Crippen molar-refractivity contribution in [3.8, 4) is 11.5 Å². The lowest BCUT2D eigenvalue weighted by Gasteiger charge is -2.29. The molecular weight excluding hydrogens is 423 g/mol. The molecule has 3 aromatic rings. The van der Waals surface area contributed by atoms with E-state index in [-0.39, 0.29) is 37.3 Å². The van der Waals surface area contributed by atoms with Crippen molar-refractivity contribution in [2.45, 2.75) is 26.1 Å². The smallest absolute Gasteiger partial charge is 0.261 e. The molecule has 3 rings (SSSR count). The molecular formula is C26H27FN2O4. The molecule has 0 aromatic heterocycles. The van der Waals surface area contributed by atoms with E-state index in [4.69, 9.17) is 9.47 Å². The van der Waals surface area contributed by atoms with E-state index in [0.717, 1.165) is 5.56 Å². The van der Waals surface area contributed by atoms with Crippen LogP contribution in [0.2, 0.25) is 0 Å². The normalized spacial score (nSPS) is 11.4. The highest BCUT2D eigenvalue weighted by atomic mass is 19.1. The quantitative estimate of drug-likeness (QED) is 0.508. The Kier molecular flexibility index (Phi) is 8.41. The van der Waals surface area contributed by atoms with Gasteiger partial charge in [0, 0.05) is 18.7 Å². The van der Waals surface area contributed by atoms with E-state index in [1.165, 1.54) is 17.0 Å². The molecule has 3 aromatic carbocycles. The summed E-state index contributed by atoms with van der Waals surface area (Å²) in [5, 5.41) is 2.86. The van der Waals surface area contributed by atoms with Crippen LogP contribution in [-0.4, -0.2) is 36.5 Å².